The summed E-state index contributed by atoms with van der Waals surface area (Å²) in [6.45, 7) is 0. The predicted molar refractivity (Wildman–Crippen MR) is 81.1 cm³/mol. The highest BCUT2D eigenvalue weighted by Gasteiger charge is 2.11. The minimum absolute atomic E-state index is 0.571. The Morgan fingerprint density at radius 1 is 1.10 bits per heavy atom. The largest absolute Gasteiger partial charge is 0.399 e. The third-order valence-electron chi connectivity index (χ3n) is 2.89. The van der Waals surface area contributed by atoms with Crippen molar-refractivity contribution >= 4 is 21.6 Å². The predicted octanol–water partition coefficient (Wildman–Crippen LogP) is 3.67. The third-order valence-corrected chi connectivity index (χ3v) is 3.58. The van der Waals surface area contributed by atoms with Crippen molar-refractivity contribution in [3.05, 3.63) is 64.5 Å². The van der Waals surface area contributed by atoms with Crippen LogP contribution in [-0.2, 0) is 6.42 Å². The van der Waals surface area contributed by atoms with Crippen molar-refractivity contribution in [3.63, 3.8) is 0 Å². The van der Waals surface area contributed by atoms with Gasteiger partial charge < -0.3 is 10.3 Å². The molecule has 0 aliphatic heterocycles. The highest BCUT2D eigenvalue weighted by atomic mass is 79.9. The van der Waals surface area contributed by atoms with Crippen molar-refractivity contribution in [2.24, 2.45) is 0 Å². The molecule has 1 aromatic heterocycles. The van der Waals surface area contributed by atoms with Gasteiger partial charge in [-0.15, -0.1) is 0 Å². The lowest BCUT2D eigenvalue weighted by molar-refractivity contribution is 0.385. The number of rotatable bonds is 3. The van der Waals surface area contributed by atoms with Crippen molar-refractivity contribution in [1.82, 2.24) is 10.1 Å². The van der Waals surface area contributed by atoms with Crippen molar-refractivity contribution in [1.29, 1.82) is 0 Å². The van der Waals surface area contributed by atoms with E-state index in [1.807, 2.05) is 48.5 Å². The maximum atomic E-state index is 5.76. The Balaban J connectivity index is 1.86. The Morgan fingerprint density at radius 3 is 2.75 bits per heavy atom. The van der Waals surface area contributed by atoms with E-state index in [1.165, 1.54) is 0 Å². The van der Waals surface area contributed by atoms with Crippen LogP contribution in [0.4, 0.5) is 5.69 Å². The van der Waals surface area contributed by atoms with Gasteiger partial charge in [0.2, 0.25) is 11.7 Å². The average Bonchev–Trinajstić information content (AvgIpc) is 2.87. The molecule has 0 radical (unpaired) electrons. The number of hydrogen-bond donors (Lipinski definition) is 1. The summed E-state index contributed by atoms with van der Waals surface area (Å²) in [5.74, 6) is 1.15. The Labute approximate surface area is 124 Å². The molecule has 1 heterocycles. The molecule has 4 nitrogen and oxygen atoms in total. The molecule has 0 aliphatic rings. The molecule has 0 fully saturated rings. The fourth-order valence-electron chi connectivity index (χ4n) is 1.96. The molecule has 0 amide bonds. The zero-order valence-electron chi connectivity index (χ0n) is 10.6. The number of nitrogens with two attached hydrogens (primary N) is 1. The van der Waals surface area contributed by atoms with Gasteiger partial charge in [-0.05, 0) is 29.8 Å². The number of hydrogen-bond acceptors (Lipinski definition) is 4. The van der Waals surface area contributed by atoms with Crippen LogP contribution in [0.25, 0.3) is 11.4 Å². The minimum Gasteiger partial charge on any atom is -0.399 e. The van der Waals surface area contributed by atoms with Gasteiger partial charge in [0.15, 0.2) is 0 Å². The standard InChI is InChI=1S/C15H12BrN3O/c16-13-7-2-1-6-12(13)15-18-14(20-19-15)9-10-4-3-5-11(17)8-10/h1-8H,9,17H2. The number of nitrogen functional groups attached to an aromatic ring is 1. The van der Waals surface area contributed by atoms with Gasteiger partial charge in [-0.1, -0.05) is 45.4 Å². The second-order valence-corrected chi connectivity index (χ2v) is 5.27. The zero-order valence-corrected chi connectivity index (χ0v) is 12.2. The highest BCUT2D eigenvalue weighted by molar-refractivity contribution is 9.10. The van der Waals surface area contributed by atoms with E-state index in [9.17, 15) is 0 Å². The molecule has 3 rings (SSSR count). The van der Waals surface area contributed by atoms with E-state index in [0.717, 1.165) is 21.3 Å². The summed E-state index contributed by atoms with van der Waals surface area (Å²) in [6, 6.07) is 15.4. The van der Waals surface area contributed by atoms with Crippen LogP contribution in [0.1, 0.15) is 11.5 Å². The molecular weight excluding hydrogens is 318 g/mol. The molecule has 0 saturated carbocycles. The van der Waals surface area contributed by atoms with Crippen LogP contribution in [0.15, 0.2) is 57.5 Å². The molecule has 5 heteroatoms. The van der Waals surface area contributed by atoms with E-state index < -0.39 is 0 Å². The Morgan fingerprint density at radius 2 is 1.95 bits per heavy atom. The number of benzene rings is 2. The molecule has 0 bridgehead atoms. The van der Waals surface area contributed by atoms with Crippen molar-refractivity contribution in [2.45, 2.75) is 6.42 Å². The summed E-state index contributed by atoms with van der Waals surface area (Å²) in [7, 11) is 0. The summed E-state index contributed by atoms with van der Waals surface area (Å²) in [5, 5.41) is 4.02. The van der Waals surface area contributed by atoms with Gasteiger partial charge in [0.25, 0.3) is 0 Å². The van der Waals surface area contributed by atoms with Gasteiger partial charge >= 0.3 is 0 Å². The van der Waals surface area contributed by atoms with Gasteiger partial charge in [0.1, 0.15) is 0 Å². The van der Waals surface area contributed by atoms with Gasteiger partial charge in [-0.2, -0.15) is 4.98 Å². The molecule has 100 valence electrons. The normalized spacial score (nSPS) is 10.7. The van der Waals surface area contributed by atoms with Crippen LogP contribution in [-0.4, -0.2) is 10.1 Å². The van der Waals surface area contributed by atoms with Crippen molar-refractivity contribution in [3.8, 4) is 11.4 Å². The fourth-order valence-corrected chi connectivity index (χ4v) is 2.42. The first-order chi connectivity index (χ1) is 9.72. The topological polar surface area (TPSA) is 64.9 Å². The van der Waals surface area contributed by atoms with Gasteiger partial charge in [-0.3, -0.25) is 0 Å². The molecule has 0 unspecified atom stereocenters. The quantitative estimate of drug-likeness (QED) is 0.744. The molecule has 0 aliphatic carbocycles. The van der Waals surface area contributed by atoms with Crippen LogP contribution >= 0.6 is 15.9 Å². The number of aromatic nitrogens is 2. The van der Waals surface area contributed by atoms with E-state index in [0.29, 0.717) is 18.1 Å². The zero-order chi connectivity index (χ0) is 13.9. The molecule has 2 aromatic carbocycles. The van der Waals surface area contributed by atoms with Crippen LogP contribution in [0.2, 0.25) is 0 Å². The monoisotopic (exact) mass is 329 g/mol. The maximum Gasteiger partial charge on any atom is 0.231 e. The van der Waals surface area contributed by atoms with Crippen molar-refractivity contribution < 1.29 is 4.52 Å². The van der Waals surface area contributed by atoms with E-state index >= 15 is 0 Å². The van der Waals surface area contributed by atoms with Crippen LogP contribution in [0, 0.1) is 0 Å². The SMILES string of the molecule is Nc1cccc(Cc2nc(-c3ccccc3Br)no2)c1. The van der Waals surface area contributed by atoms with Gasteiger partial charge in [0.05, 0.1) is 6.42 Å². The third kappa shape index (κ3) is 2.72. The highest BCUT2D eigenvalue weighted by Crippen LogP contribution is 2.25. The average molecular weight is 330 g/mol. The first kappa shape index (κ1) is 12.9. The first-order valence-corrected chi connectivity index (χ1v) is 6.93. The summed E-state index contributed by atoms with van der Waals surface area (Å²) in [4.78, 5) is 4.42. The lowest BCUT2D eigenvalue weighted by Gasteiger charge is -1.98. The van der Waals surface area contributed by atoms with Crippen molar-refractivity contribution in [2.75, 3.05) is 5.73 Å². The molecule has 0 spiro atoms. The minimum atomic E-state index is 0.571. The van der Waals surface area contributed by atoms with E-state index in [1.54, 1.807) is 0 Å². The summed E-state index contributed by atoms with van der Waals surface area (Å²) >= 11 is 3.48. The number of nitrogens with zero attached hydrogens (tertiary/aromatic N) is 2. The number of halogens is 1. The molecule has 2 N–H and O–H groups in total. The Kier molecular flexibility index (Phi) is 3.52. The Hall–Kier alpha value is -2.14. The molecule has 3 aromatic rings. The van der Waals surface area contributed by atoms with E-state index in [-0.39, 0.29) is 0 Å². The number of anilines is 1. The first-order valence-electron chi connectivity index (χ1n) is 6.14. The lowest BCUT2D eigenvalue weighted by Crippen LogP contribution is -1.91. The second-order valence-electron chi connectivity index (χ2n) is 4.41. The Bertz CT molecular complexity index is 739. The summed E-state index contributed by atoms with van der Waals surface area (Å²) in [6.07, 6.45) is 0.572. The van der Waals surface area contributed by atoms with E-state index in [4.69, 9.17) is 10.3 Å². The fraction of sp³-hybridized carbons (Fsp3) is 0.0667. The van der Waals surface area contributed by atoms with Gasteiger partial charge in [-0.25, -0.2) is 0 Å². The molecular formula is C15H12BrN3O. The van der Waals surface area contributed by atoms with E-state index in [2.05, 4.69) is 26.1 Å². The van der Waals surface area contributed by atoms with Crippen LogP contribution in [0.5, 0.6) is 0 Å². The van der Waals surface area contributed by atoms with Crippen LogP contribution < -0.4 is 5.73 Å². The lowest BCUT2D eigenvalue weighted by atomic mass is 10.1. The van der Waals surface area contributed by atoms with Crippen LogP contribution in [0.3, 0.4) is 0 Å². The smallest absolute Gasteiger partial charge is 0.231 e. The molecule has 20 heavy (non-hydrogen) atoms. The molecule has 0 saturated heterocycles. The molecule has 0 atom stereocenters. The second kappa shape index (κ2) is 5.46. The maximum absolute atomic E-state index is 5.76. The summed E-state index contributed by atoms with van der Waals surface area (Å²) in [5.41, 5.74) is 8.45. The summed E-state index contributed by atoms with van der Waals surface area (Å²) < 4.78 is 6.24. The van der Waals surface area contributed by atoms with Gasteiger partial charge in [0, 0.05) is 15.7 Å².